The molecule has 3 rings (SSSR count). The van der Waals surface area contributed by atoms with Crippen LogP contribution in [-0.4, -0.2) is 50.3 Å². The topological polar surface area (TPSA) is 120 Å². The Morgan fingerprint density at radius 1 is 1.25 bits per heavy atom. The molecular weight excluding hydrogens is 437 g/mol. The summed E-state index contributed by atoms with van der Waals surface area (Å²) in [6.45, 7) is 3.33. The molecule has 0 saturated heterocycles. The van der Waals surface area contributed by atoms with Gasteiger partial charge in [0, 0.05) is 35.7 Å². The normalized spacial score (nSPS) is 12.0. The predicted molar refractivity (Wildman–Crippen MR) is 119 cm³/mol. The number of hydrogen-bond acceptors (Lipinski definition) is 7. The molecule has 1 atom stereocenters. The van der Waals surface area contributed by atoms with Gasteiger partial charge in [0.15, 0.2) is 5.82 Å². The number of carbonyl (C=O) groups is 1. The Morgan fingerprint density at radius 3 is 2.75 bits per heavy atom. The molecule has 3 aromatic rings. The lowest BCUT2D eigenvalue weighted by Crippen LogP contribution is -2.34. The molecule has 4 N–H and O–H groups in total. The second-order valence-electron chi connectivity index (χ2n) is 7.37. The van der Waals surface area contributed by atoms with Gasteiger partial charge in [0.2, 0.25) is 0 Å². The van der Waals surface area contributed by atoms with Crippen molar-refractivity contribution in [1.29, 1.82) is 0 Å². The molecule has 8 nitrogen and oxygen atoms in total. The quantitative estimate of drug-likeness (QED) is 0.408. The number of anilines is 2. The Morgan fingerprint density at radius 2 is 2.03 bits per heavy atom. The van der Waals surface area contributed by atoms with Crippen LogP contribution in [0.1, 0.15) is 35.7 Å². The summed E-state index contributed by atoms with van der Waals surface area (Å²) in [5.41, 5.74) is 1.53. The van der Waals surface area contributed by atoms with Crippen molar-refractivity contribution in [3.63, 3.8) is 0 Å². The van der Waals surface area contributed by atoms with Gasteiger partial charge in [0.05, 0.1) is 29.5 Å². The third kappa shape index (κ3) is 5.56. The van der Waals surface area contributed by atoms with Crippen LogP contribution in [0.3, 0.4) is 0 Å². The number of nitrogens with one attached hydrogen (secondary N) is 2. The van der Waals surface area contributed by atoms with Gasteiger partial charge in [-0.25, -0.2) is 14.4 Å². The Balaban J connectivity index is 1.98. The maximum atomic E-state index is 14.4. The van der Waals surface area contributed by atoms with Gasteiger partial charge < -0.3 is 20.8 Å². The van der Waals surface area contributed by atoms with Crippen LogP contribution < -0.4 is 10.6 Å². The molecule has 0 unspecified atom stereocenters. The van der Waals surface area contributed by atoms with Gasteiger partial charge in [-0.1, -0.05) is 25.4 Å². The van der Waals surface area contributed by atoms with Crippen molar-refractivity contribution in [3.05, 3.63) is 64.8 Å². The minimum atomic E-state index is -1.07. The molecule has 0 bridgehead atoms. The summed E-state index contributed by atoms with van der Waals surface area (Å²) in [6, 6.07) is 5.74. The zero-order valence-corrected chi connectivity index (χ0v) is 18.3. The van der Waals surface area contributed by atoms with E-state index in [1.54, 1.807) is 12.3 Å². The number of aromatic nitrogens is 3. The lowest BCUT2D eigenvalue weighted by molar-refractivity contribution is 0.0802. The molecule has 0 aliphatic heterocycles. The molecule has 0 aliphatic carbocycles. The minimum Gasteiger partial charge on any atom is -0.394 e. The Labute approximate surface area is 189 Å². The molecule has 2 aromatic heterocycles. The third-order valence-corrected chi connectivity index (χ3v) is 4.87. The van der Waals surface area contributed by atoms with Gasteiger partial charge in [0.25, 0.3) is 5.91 Å². The van der Waals surface area contributed by atoms with Crippen molar-refractivity contribution in [2.24, 2.45) is 0 Å². The summed E-state index contributed by atoms with van der Waals surface area (Å²) < 4.78 is 14.4. The smallest absolute Gasteiger partial charge is 0.255 e. The van der Waals surface area contributed by atoms with E-state index >= 15 is 0 Å². The Hall–Kier alpha value is -3.14. The average Bonchev–Trinajstić information content (AvgIpc) is 2.79. The van der Waals surface area contributed by atoms with E-state index in [0.717, 1.165) is 5.56 Å². The van der Waals surface area contributed by atoms with E-state index in [1.165, 1.54) is 30.6 Å². The van der Waals surface area contributed by atoms with Crippen LogP contribution in [0.5, 0.6) is 0 Å². The number of benzene rings is 1. The number of amides is 1. The first kappa shape index (κ1) is 23.5. The number of halogens is 2. The van der Waals surface area contributed by atoms with Crippen LogP contribution in [0.15, 0.2) is 42.9 Å². The fourth-order valence-corrected chi connectivity index (χ4v) is 3.07. The summed E-state index contributed by atoms with van der Waals surface area (Å²) in [6.07, 6.45) is 3.41. The highest BCUT2D eigenvalue weighted by atomic mass is 35.5. The molecule has 168 valence electrons. The number of aliphatic hydroxyl groups is 2. The number of aliphatic hydroxyl groups excluding tert-OH is 2. The number of pyridine rings is 1. The zero-order valence-electron chi connectivity index (χ0n) is 17.5. The minimum absolute atomic E-state index is 0.0366. The SMILES string of the molecule is CC(C)c1cnc(-c2cc(Cl)ccc2F)nc1Nc1ccncc1C(=O)NC[C@H](O)CO. The number of nitrogens with zero attached hydrogens (tertiary/aromatic N) is 3. The zero-order chi connectivity index (χ0) is 23.3. The second kappa shape index (κ2) is 10.4. The van der Waals surface area contributed by atoms with E-state index < -0.39 is 24.4 Å². The largest absolute Gasteiger partial charge is 0.394 e. The second-order valence-corrected chi connectivity index (χ2v) is 7.81. The van der Waals surface area contributed by atoms with E-state index in [-0.39, 0.29) is 29.4 Å². The van der Waals surface area contributed by atoms with Crippen molar-refractivity contribution in [2.75, 3.05) is 18.5 Å². The first-order valence-electron chi connectivity index (χ1n) is 9.90. The van der Waals surface area contributed by atoms with Gasteiger partial charge >= 0.3 is 0 Å². The van der Waals surface area contributed by atoms with Crippen molar-refractivity contribution in [1.82, 2.24) is 20.3 Å². The fourth-order valence-electron chi connectivity index (χ4n) is 2.89. The molecule has 1 aromatic carbocycles. The van der Waals surface area contributed by atoms with E-state index in [1.807, 2.05) is 13.8 Å². The molecule has 0 saturated carbocycles. The monoisotopic (exact) mass is 459 g/mol. The first-order chi connectivity index (χ1) is 15.3. The molecule has 32 heavy (non-hydrogen) atoms. The van der Waals surface area contributed by atoms with Gasteiger partial charge in [-0.05, 0) is 30.2 Å². The highest BCUT2D eigenvalue weighted by molar-refractivity contribution is 6.30. The third-order valence-electron chi connectivity index (χ3n) is 4.64. The molecule has 0 radical (unpaired) electrons. The summed E-state index contributed by atoms with van der Waals surface area (Å²) >= 11 is 6.01. The van der Waals surface area contributed by atoms with Crippen LogP contribution >= 0.6 is 11.6 Å². The first-order valence-corrected chi connectivity index (χ1v) is 10.3. The lowest BCUT2D eigenvalue weighted by Gasteiger charge is -2.17. The maximum absolute atomic E-state index is 14.4. The Kier molecular flexibility index (Phi) is 7.68. The van der Waals surface area contributed by atoms with Crippen LogP contribution in [0.25, 0.3) is 11.4 Å². The number of carbonyl (C=O) groups excluding carboxylic acids is 1. The van der Waals surface area contributed by atoms with Gasteiger partial charge in [-0.2, -0.15) is 0 Å². The van der Waals surface area contributed by atoms with Crippen LogP contribution in [0.4, 0.5) is 15.9 Å². The number of hydrogen-bond donors (Lipinski definition) is 4. The molecule has 0 spiro atoms. The molecule has 2 heterocycles. The van der Waals surface area contributed by atoms with E-state index in [9.17, 15) is 14.3 Å². The molecule has 0 fully saturated rings. The van der Waals surface area contributed by atoms with Gasteiger partial charge in [0.1, 0.15) is 11.6 Å². The molecule has 1 amide bonds. The van der Waals surface area contributed by atoms with E-state index in [4.69, 9.17) is 16.7 Å². The highest BCUT2D eigenvalue weighted by Crippen LogP contribution is 2.30. The van der Waals surface area contributed by atoms with Gasteiger partial charge in [-0.3, -0.25) is 9.78 Å². The summed E-state index contributed by atoms with van der Waals surface area (Å²) in [5, 5.41) is 24.4. The van der Waals surface area contributed by atoms with E-state index in [0.29, 0.717) is 16.5 Å². The summed E-state index contributed by atoms with van der Waals surface area (Å²) in [4.78, 5) is 25.4. The van der Waals surface area contributed by atoms with Gasteiger partial charge in [-0.15, -0.1) is 0 Å². The van der Waals surface area contributed by atoms with Crippen LogP contribution in [-0.2, 0) is 0 Å². The number of rotatable bonds is 8. The average molecular weight is 460 g/mol. The van der Waals surface area contributed by atoms with Crippen molar-refractivity contribution < 1.29 is 19.4 Å². The maximum Gasteiger partial charge on any atom is 0.255 e. The summed E-state index contributed by atoms with van der Waals surface area (Å²) in [5.74, 6) is -0.420. The standard InChI is InChI=1S/C22H23ClFN5O3/c1-12(2)16-10-26-20(15-7-13(23)3-4-18(15)24)29-21(16)28-19-5-6-25-9-17(19)22(32)27-8-14(31)11-30/h3-7,9-10,12,14,30-31H,8,11H2,1-2H3,(H,27,32)(H,25,26,28,29)/t14-/m0/s1. The van der Waals surface area contributed by atoms with E-state index in [2.05, 4.69) is 25.6 Å². The molecule has 10 heteroatoms. The summed E-state index contributed by atoms with van der Waals surface area (Å²) in [7, 11) is 0. The van der Waals surface area contributed by atoms with Crippen molar-refractivity contribution in [2.45, 2.75) is 25.9 Å². The fraction of sp³-hybridized carbons (Fsp3) is 0.273. The molecule has 0 aliphatic rings. The molecular formula is C22H23ClFN5O3. The lowest BCUT2D eigenvalue weighted by atomic mass is 10.1. The van der Waals surface area contributed by atoms with Crippen molar-refractivity contribution in [3.8, 4) is 11.4 Å². The van der Waals surface area contributed by atoms with Crippen LogP contribution in [0.2, 0.25) is 5.02 Å². The highest BCUT2D eigenvalue weighted by Gasteiger charge is 2.18. The van der Waals surface area contributed by atoms with Crippen molar-refractivity contribution >= 4 is 29.0 Å². The predicted octanol–water partition coefficient (Wildman–Crippen LogP) is 3.28. The Bertz CT molecular complexity index is 1110. The van der Waals surface area contributed by atoms with Crippen LogP contribution in [0, 0.1) is 5.82 Å².